The van der Waals surface area contributed by atoms with Crippen LogP contribution in [0, 0.1) is 0 Å². The van der Waals surface area contributed by atoms with E-state index >= 15 is 0 Å². The lowest BCUT2D eigenvalue weighted by atomic mass is 10.0. The lowest BCUT2D eigenvalue weighted by Crippen LogP contribution is -2.12. The van der Waals surface area contributed by atoms with Crippen molar-refractivity contribution in [1.29, 1.82) is 0 Å². The number of nitrogens with one attached hydrogen (secondary N) is 1. The molecule has 0 spiro atoms. The first-order valence-electron chi connectivity index (χ1n) is 6.23. The fraction of sp³-hybridized carbons (Fsp3) is 0.286. The maximum absolute atomic E-state index is 5.65. The summed E-state index contributed by atoms with van der Waals surface area (Å²) in [5.74, 6) is 1.32. The number of hydrogen-bond acceptors (Lipinski definition) is 5. The topological polar surface area (TPSA) is 73.1 Å². The maximum atomic E-state index is 5.65. The number of benzene rings is 1. The lowest BCUT2D eigenvalue weighted by Gasteiger charge is -2.18. The van der Waals surface area contributed by atoms with Gasteiger partial charge in [0.1, 0.15) is 5.82 Å². The minimum Gasteiger partial charge on any atom is -0.481 e. The second kappa shape index (κ2) is 6.04. The molecule has 0 aliphatic heterocycles. The Kier molecular flexibility index (Phi) is 4.18. The molecule has 2 rings (SSSR count). The molecule has 0 saturated heterocycles. The van der Waals surface area contributed by atoms with E-state index in [1.165, 1.54) is 5.56 Å². The third-order valence-electron chi connectivity index (χ3n) is 2.86. The van der Waals surface area contributed by atoms with Crippen molar-refractivity contribution in [2.75, 3.05) is 18.2 Å². The van der Waals surface area contributed by atoms with E-state index in [1.807, 2.05) is 18.2 Å². The Hall–Kier alpha value is -2.30. The normalized spacial score (nSPS) is 11.9. The van der Waals surface area contributed by atoms with Gasteiger partial charge in [0.25, 0.3) is 0 Å². The Morgan fingerprint density at radius 1 is 1.26 bits per heavy atom. The summed E-state index contributed by atoms with van der Waals surface area (Å²) in [4.78, 5) is 8.13. The van der Waals surface area contributed by atoms with E-state index in [0.717, 1.165) is 6.42 Å². The summed E-state index contributed by atoms with van der Waals surface area (Å²) < 4.78 is 5.09. The van der Waals surface area contributed by atoms with Gasteiger partial charge >= 0.3 is 0 Å². The second-order valence-corrected chi connectivity index (χ2v) is 4.17. The van der Waals surface area contributed by atoms with Crippen LogP contribution < -0.4 is 15.8 Å². The van der Waals surface area contributed by atoms with Crippen molar-refractivity contribution < 1.29 is 4.74 Å². The molecule has 5 heteroatoms. The highest BCUT2D eigenvalue weighted by Gasteiger charge is 2.10. The minimum absolute atomic E-state index is 0.181. The van der Waals surface area contributed by atoms with Crippen LogP contribution in [0.3, 0.4) is 0 Å². The van der Waals surface area contributed by atoms with Crippen LogP contribution in [-0.4, -0.2) is 17.1 Å². The highest BCUT2D eigenvalue weighted by molar-refractivity contribution is 5.44. The van der Waals surface area contributed by atoms with Gasteiger partial charge in [-0.05, 0) is 12.0 Å². The molecule has 0 radical (unpaired) electrons. The Bertz CT molecular complexity index is 530. The van der Waals surface area contributed by atoms with E-state index in [0.29, 0.717) is 11.7 Å². The quantitative estimate of drug-likeness (QED) is 0.862. The fourth-order valence-corrected chi connectivity index (χ4v) is 1.91. The molecule has 1 aromatic carbocycles. The number of nitrogen functional groups attached to an aromatic ring is 1. The number of hydrogen-bond donors (Lipinski definition) is 2. The van der Waals surface area contributed by atoms with Crippen LogP contribution >= 0.6 is 0 Å². The zero-order valence-electron chi connectivity index (χ0n) is 11.1. The number of nitrogens with two attached hydrogens (primary N) is 1. The largest absolute Gasteiger partial charge is 0.481 e. The van der Waals surface area contributed by atoms with Gasteiger partial charge in [0.15, 0.2) is 0 Å². The molecule has 0 bridgehead atoms. The molecule has 19 heavy (non-hydrogen) atoms. The van der Waals surface area contributed by atoms with Gasteiger partial charge in [-0.1, -0.05) is 37.3 Å². The fourth-order valence-electron chi connectivity index (χ4n) is 1.91. The first-order valence-corrected chi connectivity index (χ1v) is 6.23. The van der Waals surface area contributed by atoms with E-state index in [1.54, 1.807) is 13.2 Å². The first-order chi connectivity index (χ1) is 9.22. The average Bonchev–Trinajstić information content (AvgIpc) is 2.45. The van der Waals surface area contributed by atoms with Crippen molar-refractivity contribution in [3.05, 3.63) is 42.0 Å². The van der Waals surface area contributed by atoms with Crippen LogP contribution in [0.15, 0.2) is 36.4 Å². The molecule has 3 N–H and O–H groups in total. The van der Waals surface area contributed by atoms with E-state index < -0.39 is 0 Å². The molecule has 1 aromatic heterocycles. The molecule has 0 amide bonds. The van der Waals surface area contributed by atoms with Crippen LogP contribution in [0.25, 0.3) is 0 Å². The molecule has 0 aliphatic carbocycles. The third kappa shape index (κ3) is 3.34. The van der Waals surface area contributed by atoms with Crippen molar-refractivity contribution in [1.82, 2.24) is 9.97 Å². The number of aromatic nitrogens is 2. The monoisotopic (exact) mass is 258 g/mol. The van der Waals surface area contributed by atoms with Crippen molar-refractivity contribution in [3.63, 3.8) is 0 Å². The van der Waals surface area contributed by atoms with E-state index in [9.17, 15) is 0 Å². The maximum Gasteiger partial charge on any atom is 0.225 e. The van der Waals surface area contributed by atoms with Crippen LogP contribution in [0.2, 0.25) is 0 Å². The van der Waals surface area contributed by atoms with Gasteiger partial charge in [-0.15, -0.1) is 0 Å². The predicted octanol–water partition coefficient (Wildman–Crippen LogP) is 2.63. The number of anilines is 2. The van der Waals surface area contributed by atoms with Crippen LogP contribution in [-0.2, 0) is 0 Å². The van der Waals surface area contributed by atoms with E-state index in [2.05, 4.69) is 34.3 Å². The third-order valence-corrected chi connectivity index (χ3v) is 2.86. The second-order valence-electron chi connectivity index (χ2n) is 4.17. The zero-order chi connectivity index (χ0) is 13.7. The predicted molar refractivity (Wildman–Crippen MR) is 76.1 cm³/mol. The Balaban J connectivity index is 2.21. The number of ether oxygens (including phenoxy) is 1. The summed E-state index contributed by atoms with van der Waals surface area (Å²) in [7, 11) is 1.56. The molecule has 1 heterocycles. The van der Waals surface area contributed by atoms with Gasteiger partial charge in [-0.3, -0.25) is 0 Å². The van der Waals surface area contributed by atoms with Crippen LogP contribution in [0.4, 0.5) is 11.8 Å². The summed E-state index contributed by atoms with van der Waals surface area (Å²) in [6, 6.07) is 12.1. The SMILES string of the molecule is CCC(Nc1cc(OC)nc(N)n1)c1ccccc1. The van der Waals surface area contributed by atoms with Crippen molar-refractivity contribution in [2.24, 2.45) is 0 Å². The summed E-state index contributed by atoms with van der Waals surface area (Å²) in [6.45, 7) is 2.12. The molecule has 2 aromatic rings. The number of rotatable bonds is 5. The zero-order valence-corrected chi connectivity index (χ0v) is 11.1. The molecule has 0 saturated carbocycles. The molecule has 1 atom stereocenters. The van der Waals surface area contributed by atoms with Crippen LogP contribution in [0.1, 0.15) is 24.9 Å². The molecular weight excluding hydrogens is 240 g/mol. The van der Waals surface area contributed by atoms with Crippen LogP contribution in [0.5, 0.6) is 5.88 Å². The number of methoxy groups -OCH3 is 1. The summed E-state index contributed by atoms with van der Waals surface area (Å²) in [6.07, 6.45) is 0.941. The van der Waals surface area contributed by atoms with Gasteiger partial charge in [0.2, 0.25) is 11.8 Å². The lowest BCUT2D eigenvalue weighted by molar-refractivity contribution is 0.398. The molecule has 1 unspecified atom stereocenters. The molecule has 0 aliphatic rings. The Morgan fingerprint density at radius 2 is 2.00 bits per heavy atom. The summed E-state index contributed by atoms with van der Waals surface area (Å²) >= 11 is 0. The summed E-state index contributed by atoms with van der Waals surface area (Å²) in [5, 5.41) is 3.35. The van der Waals surface area contributed by atoms with Crippen molar-refractivity contribution in [3.8, 4) is 5.88 Å². The average molecular weight is 258 g/mol. The van der Waals surface area contributed by atoms with Gasteiger partial charge in [-0.25, -0.2) is 0 Å². The smallest absolute Gasteiger partial charge is 0.225 e. The van der Waals surface area contributed by atoms with Gasteiger partial charge in [0.05, 0.1) is 13.2 Å². The van der Waals surface area contributed by atoms with Gasteiger partial charge in [0, 0.05) is 6.07 Å². The van der Waals surface area contributed by atoms with E-state index in [-0.39, 0.29) is 12.0 Å². The first kappa shape index (κ1) is 13.1. The molecule has 0 fully saturated rings. The highest BCUT2D eigenvalue weighted by Crippen LogP contribution is 2.23. The van der Waals surface area contributed by atoms with E-state index in [4.69, 9.17) is 10.5 Å². The highest BCUT2D eigenvalue weighted by atomic mass is 16.5. The molecular formula is C14H18N4O. The van der Waals surface area contributed by atoms with Gasteiger partial charge in [-0.2, -0.15) is 9.97 Å². The minimum atomic E-state index is 0.181. The number of nitrogens with zero attached hydrogens (tertiary/aromatic N) is 2. The standard InChI is InChI=1S/C14H18N4O/c1-3-11(10-7-5-4-6-8-10)16-12-9-13(19-2)18-14(15)17-12/h4-9,11H,3H2,1-2H3,(H3,15,16,17,18). The molecule has 5 nitrogen and oxygen atoms in total. The summed E-state index contributed by atoms with van der Waals surface area (Å²) in [5.41, 5.74) is 6.86. The Labute approximate surface area is 112 Å². The Morgan fingerprint density at radius 3 is 2.63 bits per heavy atom. The van der Waals surface area contributed by atoms with Crippen molar-refractivity contribution in [2.45, 2.75) is 19.4 Å². The van der Waals surface area contributed by atoms with Crippen molar-refractivity contribution >= 4 is 11.8 Å². The molecule has 100 valence electrons. The van der Waals surface area contributed by atoms with Gasteiger partial charge < -0.3 is 15.8 Å².